The number of hydrogen-bond donors (Lipinski definition) is 1. The van der Waals surface area contributed by atoms with E-state index in [0.29, 0.717) is 38.0 Å². The third-order valence-electron chi connectivity index (χ3n) is 3.60. The van der Waals surface area contributed by atoms with Crippen molar-refractivity contribution >= 4 is 34.8 Å². The van der Waals surface area contributed by atoms with Crippen molar-refractivity contribution in [2.45, 2.75) is 26.3 Å². The maximum absolute atomic E-state index is 12.3. The van der Waals surface area contributed by atoms with Gasteiger partial charge in [0.1, 0.15) is 0 Å². The van der Waals surface area contributed by atoms with Crippen LogP contribution in [-0.4, -0.2) is 29.8 Å². The van der Waals surface area contributed by atoms with Crippen LogP contribution in [0.25, 0.3) is 0 Å². The molecule has 0 spiro atoms. The molecule has 0 aliphatic carbocycles. The van der Waals surface area contributed by atoms with Crippen molar-refractivity contribution in [3.63, 3.8) is 0 Å². The zero-order valence-electron chi connectivity index (χ0n) is 13.6. The van der Waals surface area contributed by atoms with Crippen LogP contribution in [0.5, 0.6) is 0 Å². The highest BCUT2D eigenvalue weighted by atomic mass is 35.5. The van der Waals surface area contributed by atoms with Crippen molar-refractivity contribution in [2.75, 3.05) is 13.1 Å². The molecule has 0 unspecified atom stereocenters. The highest BCUT2D eigenvalue weighted by molar-refractivity contribution is 7.16. The first kappa shape index (κ1) is 18.5. The van der Waals surface area contributed by atoms with Crippen molar-refractivity contribution in [3.8, 4) is 0 Å². The summed E-state index contributed by atoms with van der Waals surface area (Å²) in [6, 6.07) is 12.9. The highest BCUT2D eigenvalue weighted by Gasteiger charge is 2.13. The molecule has 0 radical (unpaired) electrons. The Morgan fingerprint density at radius 3 is 2.54 bits per heavy atom. The summed E-state index contributed by atoms with van der Waals surface area (Å²) < 4.78 is 0.733. The predicted molar refractivity (Wildman–Crippen MR) is 98.4 cm³/mol. The minimum Gasteiger partial charge on any atom is -0.352 e. The van der Waals surface area contributed by atoms with Crippen LogP contribution in [0.15, 0.2) is 42.5 Å². The topological polar surface area (TPSA) is 49.4 Å². The zero-order valence-corrected chi connectivity index (χ0v) is 15.2. The number of carbonyl (C=O) groups excluding carboxylic acids is 2. The number of halogens is 1. The van der Waals surface area contributed by atoms with Crippen LogP contribution in [0.1, 0.15) is 35.0 Å². The molecule has 2 rings (SSSR count). The smallest absolute Gasteiger partial charge is 0.251 e. The number of amides is 2. The lowest BCUT2D eigenvalue weighted by molar-refractivity contribution is -0.131. The fourth-order valence-electron chi connectivity index (χ4n) is 2.29. The Kier molecular flexibility index (Phi) is 7.28. The number of nitrogens with one attached hydrogen (secondary N) is 1. The third-order valence-corrected chi connectivity index (χ3v) is 4.81. The first-order chi connectivity index (χ1) is 11.6. The van der Waals surface area contributed by atoms with Gasteiger partial charge in [-0.1, -0.05) is 29.8 Å². The van der Waals surface area contributed by atoms with Crippen molar-refractivity contribution in [1.29, 1.82) is 0 Å². The molecule has 128 valence electrons. The minimum atomic E-state index is -0.108. The molecule has 0 saturated heterocycles. The third kappa shape index (κ3) is 5.65. The molecule has 0 aliphatic heterocycles. The molecule has 1 aromatic heterocycles. The van der Waals surface area contributed by atoms with Gasteiger partial charge >= 0.3 is 0 Å². The van der Waals surface area contributed by atoms with E-state index in [2.05, 4.69) is 5.32 Å². The summed E-state index contributed by atoms with van der Waals surface area (Å²) >= 11 is 7.42. The first-order valence-corrected chi connectivity index (χ1v) is 9.15. The second kappa shape index (κ2) is 9.45. The Hall–Kier alpha value is -1.85. The van der Waals surface area contributed by atoms with E-state index in [9.17, 15) is 9.59 Å². The Morgan fingerprint density at radius 2 is 1.92 bits per heavy atom. The van der Waals surface area contributed by atoms with Gasteiger partial charge in [0.15, 0.2) is 0 Å². The molecular formula is C18H21ClN2O2S. The molecule has 4 nitrogen and oxygen atoms in total. The Morgan fingerprint density at radius 1 is 1.17 bits per heavy atom. The summed E-state index contributed by atoms with van der Waals surface area (Å²) in [4.78, 5) is 27.1. The van der Waals surface area contributed by atoms with Crippen LogP contribution < -0.4 is 5.32 Å². The summed E-state index contributed by atoms with van der Waals surface area (Å²) in [5.41, 5.74) is 0.633. The van der Waals surface area contributed by atoms with Gasteiger partial charge in [-0.25, -0.2) is 0 Å². The number of nitrogens with zero attached hydrogens (tertiary/aromatic N) is 1. The number of rotatable bonds is 8. The van der Waals surface area contributed by atoms with E-state index in [1.165, 1.54) is 11.3 Å². The van der Waals surface area contributed by atoms with E-state index >= 15 is 0 Å². The Balaban J connectivity index is 1.72. The Labute approximate surface area is 151 Å². The van der Waals surface area contributed by atoms with Gasteiger partial charge < -0.3 is 10.2 Å². The molecule has 0 aliphatic rings. The summed E-state index contributed by atoms with van der Waals surface area (Å²) in [5, 5.41) is 2.84. The van der Waals surface area contributed by atoms with Crippen molar-refractivity contribution < 1.29 is 9.59 Å². The first-order valence-electron chi connectivity index (χ1n) is 7.95. The molecule has 1 N–H and O–H groups in total. The Bertz CT molecular complexity index is 673. The minimum absolute atomic E-state index is 0.0935. The predicted octanol–water partition coefficient (Wildman–Crippen LogP) is 3.96. The van der Waals surface area contributed by atoms with Gasteiger partial charge in [-0.15, -0.1) is 11.3 Å². The van der Waals surface area contributed by atoms with Crippen molar-refractivity contribution in [3.05, 3.63) is 57.2 Å². The fourth-order valence-corrected chi connectivity index (χ4v) is 3.40. The van der Waals surface area contributed by atoms with Gasteiger partial charge in [-0.3, -0.25) is 9.59 Å². The van der Waals surface area contributed by atoms with Gasteiger partial charge in [0, 0.05) is 30.0 Å². The molecular weight excluding hydrogens is 344 g/mol. The van der Waals surface area contributed by atoms with Gasteiger partial charge in [0.2, 0.25) is 5.91 Å². The molecule has 2 amide bonds. The van der Waals surface area contributed by atoms with Crippen molar-refractivity contribution in [2.24, 2.45) is 0 Å². The van der Waals surface area contributed by atoms with E-state index in [4.69, 9.17) is 11.6 Å². The van der Waals surface area contributed by atoms with Crippen LogP contribution in [0.2, 0.25) is 4.34 Å². The van der Waals surface area contributed by atoms with E-state index in [-0.39, 0.29) is 11.8 Å². The van der Waals surface area contributed by atoms with Crippen LogP contribution in [0.4, 0.5) is 0 Å². The summed E-state index contributed by atoms with van der Waals surface area (Å²) in [6.07, 6.45) is 1.04. The van der Waals surface area contributed by atoms with Crippen LogP contribution in [-0.2, 0) is 11.3 Å². The molecule has 0 saturated carbocycles. The van der Waals surface area contributed by atoms with Crippen molar-refractivity contribution in [1.82, 2.24) is 10.2 Å². The summed E-state index contributed by atoms with van der Waals surface area (Å²) in [6.45, 7) is 3.69. The molecule has 6 heteroatoms. The molecule has 1 aromatic carbocycles. The fraction of sp³-hybridized carbons (Fsp3) is 0.333. The molecule has 0 atom stereocenters. The maximum atomic E-state index is 12.3. The lowest BCUT2D eigenvalue weighted by Crippen LogP contribution is -2.31. The van der Waals surface area contributed by atoms with Gasteiger partial charge in [0.05, 0.1) is 10.9 Å². The zero-order chi connectivity index (χ0) is 17.4. The second-order valence-electron chi connectivity index (χ2n) is 5.34. The summed E-state index contributed by atoms with van der Waals surface area (Å²) in [7, 11) is 0. The average molecular weight is 365 g/mol. The maximum Gasteiger partial charge on any atom is 0.251 e. The number of benzene rings is 1. The lowest BCUT2D eigenvalue weighted by Gasteiger charge is -2.20. The molecule has 24 heavy (non-hydrogen) atoms. The second-order valence-corrected chi connectivity index (χ2v) is 7.14. The average Bonchev–Trinajstić information content (AvgIpc) is 3.02. The molecule has 1 heterocycles. The van der Waals surface area contributed by atoms with Crippen LogP contribution in [0.3, 0.4) is 0 Å². The SMILES string of the molecule is CCN(Cc1ccc(Cl)s1)C(=O)CCCNC(=O)c1ccccc1. The number of thiophene rings is 1. The van der Waals surface area contributed by atoms with E-state index < -0.39 is 0 Å². The quantitative estimate of drug-likeness (QED) is 0.721. The van der Waals surface area contributed by atoms with E-state index in [1.54, 1.807) is 17.0 Å². The monoisotopic (exact) mass is 364 g/mol. The van der Waals surface area contributed by atoms with Gasteiger partial charge in [-0.2, -0.15) is 0 Å². The number of hydrogen-bond acceptors (Lipinski definition) is 3. The van der Waals surface area contributed by atoms with Gasteiger partial charge in [-0.05, 0) is 37.6 Å². The largest absolute Gasteiger partial charge is 0.352 e. The summed E-state index contributed by atoms with van der Waals surface area (Å²) in [5.74, 6) is -0.0143. The normalized spacial score (nSPS) is 10.4. The van der Waals surface area contributed by atoms with E-state index in [0.717, 1.165) is 9.21 Å². The lowest BCUT2D eigenvalue weighted by atomic mass is 10.2. The van der Waals surface area contributed by atoms with Gasteiger partial charge in [0.25, 0.3) is 5.91 Å². The van der Waals surface area contributed by atoms with Crippen LogP contribution in [0, 0.1) is 0 Å². The standard InChI is InChI=1S/C18H21ClN2O2S/c1-2-21(13-15-10-11-16(19)24-15)17(22)9-6-12-20-18(23)14-7-4-3-5-8-14/h3-5,7-8,10-11H,2,6,9,12-13H2,1H3,(H,20,23). The molecule has 2 aromatic rings. The molecule has 0 fully saturated rings. The number of carbonyl (C=O) groups is 2. The molecule has 0 bridgehead atoms. The van der Waals surface area contributed by atoms with E-state index in [1.807, 2.05) is 37.3 Å². The highest BCUT2D eigenvalue weighted by Crippen LogP contribution is 2.22. The van der Waals surface area contributed by atoms with Crippen LogP contribution >= 0.6 is 22.9 Å².